The average molecular weight is 296 g/mol. The number of hydrogen-bond donors (Lipinski definition) is 1. The number of piperazine rings is 1. The normalized spacial score (nSPS) is 23.7. The molecule has 0 amide bonds. The second-order valence-electron chi connectivity index (χ2n) is 6.44. The highest BCUT2D eigenvalue weighted by molar-refractivity contribution is 5.19. The quantitative estimate of drug-likeness (QED) is 0.893. The number of hydrogen-bond acceptors (Lipinski definition) is 2. The molecule has 2 unspecified atom stereocenters. The van der Waals surface area contributed by atoms with E-state index in [2.05, 4.69) is 31.0 Å². The van der Waals surface area contributed by atoms with Gasteiger partial charge >= 0.3 is 0 Å². The molecule has 2 nitrogen and oxygen atoms in total. The number of benzene rings is 1. The second-order valence-corrected chi connectivity index (χ2v) is 6.44. The average Bonchev–Trinajstić information content (AvgIpc) is 2.45. The van der Waals surface area contributed by atoms with Gasteiger partial charge in [0.2, 0.25) is 0 Å². The molecule has 21 heavy (non-hydrogen) atoms. The van der Waals surface area contributed by atoms with E-state index in [1.165, 1.54) is 6.07 Å². The Balaban J connectivity index is 2.13. The fraction of sp³-hybridized carbons (Fsp3) is 0.647. The van der Waals surface area contributed by atoms with E-state index in [-0.39, 0.29) is 0 Å². The van der Waals surface area contributed by atoms with Gasteiger partial charge in [-0.05, 0) is 24.8 Å². The molecule has 1 heterocycles. The molecular weight excluding hydrogens is 270 g/mol. The van der Waals surface area contributed by atoms with Crippen LogP contribution in [0, 0.1) is 17.6 Å². The summed E-state index contributed by atoms with van der Waals surface area (Å²) in [6, 6.07) is 5.27. The monoisotopic (exact) mass is 296 g/mol. The summed E-state index contributed by atoms with van der Waals surface area (Å²) in [6.45, 7) is 8.86. The third-order valence-electron chi connectivity index (χ3n) is 4.25. The zero-order chi connectivity index (χ0) is 15.4. The Morgan fingerprint density at radius 3 is 2.76 bits per heavy atom. The van der Waals surface area contributed by atoms with Crippen molar-refractivity contribution in [2.75, 3.05) is 13.1 Å². The van der Waals surface area contributed by atoms with Crippen LogP contribution < -0.4 is 5.32 Å². The lowest BCUT2D eigenvalue weighted by Crippen LogP contribution is -2.56. The van der Waals surface area contributed by atoms with Crippen LogP contribution in [0.1, 0.15) is 39.2 Å². The van der Waals surface area contributed by atoms with Crippen molar-refractivity contribution in [2.24, 2.45) is 5.92 Å². The van der Waals surface area contributed by atoms with E-state index < -0.39 is 11.6 Å². The summed E-state index contributed by atoms with van der Waals surface area (Å²) in [5.74, 6) is -0.864. The van der Waals surface area contributed by atoms with Crippen molar-refractivity contribution in [1.82, 2.24) is 10.2 Å². The van der Waals surface area contributed by atoms with E-state index in [1.807, 2.05) is 0 Å². The van der Waals surface area contributed by atoms with Crippen LogP contribution >= 0.6 is 0 Å². The van der Waals surface area contributed by atoms with E-state index in [4.69, 9.17) is 0 Å². The molecule has 0 aliphatic carbocycles. The first-order valence-corrected chi connectivity index (χ1v) is 7.91. The number of nitrogens with zero attached hydrogens (tertiary/aromatic N) is 1. The molecule has 0 bridgehead atoms. The molecule has 1 saturated heterocycles. The van der Waals surface area contributed by atoms with Gasteiger partial charge in [-0.25, -0.2) is 8.78 Å². The van der Waals surface area contributed by atoms with Crippen molar-refractivity contribution in [2.45, 2.75) is 52.2 Å². The van der Waals surface area contributed by atoms with Gasteiger partial charge in [-0.15, -0.1) is 0 Å². The van der Waals surface area contributed by atoms with Crippen molar-refractivity contribution in [1.29, 1.82) is 0 Å². The van der Waals surface area contributed by atoms with Crippen LogP contribution in [0.15, 0.2) is 18.2 Å². The largest absolute Gasteiger partial charge is 0.311 e. The lowest BCUT2D eigenvalue weighted by atomic mass is 9.97. The minimum absolute atomic E-state index is 0.385. The highest BCUT2D eigenvalue weighted by Gasteiger charge is 2.28. The van der Waals surface area contributed by atoms with Gasteiger partial charge in [-0.2, -0.15) is 0 Å². The van der Waals surface area contributed by atoms with Crippen molar-refractivity contribution in [3.63, 3.8) is 0 Å². The Bertz CT molecular complexity index is 462. The van der Waals surface area contributed by atoms with Gasteiger partial charge in [0.1, 0.15) is 0 Å². The highest BCUT2D eigenvalue weighted by atomic mass is 19.2. The molecule has 1 aliphatic rings. The van der Waals surface area contributed by atoms with Gasteiger partial charge in [0.25, 0.3) is 0 Å². The van der Waals surface area contributed by atoms with Gasteiger partial charge in [0, 0.05) is 37.3 Å². The van der Waals surface area contributed by atoms with E-state index in [0.717, 1.165) is 25.9 Å². The van der Waals surface area contributed by atoms with E-state index >= 15 is 0 Å². The van der Waals surface area contributed by atoms with Crippen molar-refractivity contribution >= 4 is 0 Å². The number of halogens is 2. The number of nitrogens with one attached hydrogen (secondary N) is 1. The molecule has 2 atom stereocenters. The zero-order valence-electron chi connectivity index (χ0n) is 13.2. The molecule has 0 saturated carbocycles. The van der Waals surface area contributed by atoms with Gasteiger partial charge in [0.15, 0.2) is 11.6 Å². The smallest absolute Gasteiger partial charge is 0.163 e. The lowest BCUT2D eigenvalue weighted by Gasteiger charge is -2.41. The predicted octanol–water partition coefficient (Wildman–Crippen LogP) is 3.56. The topological polar surface area (TPSA) is 15.3 Å². The first-order valence-electron chi connectivity index (χ1n) is 7.91. The third-order valence-corrected chi connectivity index (χ3v) is 4.25. The predicted molar refractivity (Wildman–Crippen MR) is 82.1 cm³/mol. The first kappa shape index (κ1) is 16.4. The maximum Gasteiger partial charge on any atom is 0.163 e. The summed E-state index contributed by atoms with van der Waals surface area (Å²) in [5.41, 5.74) is 0.459. The second kappa shape index (κ2) is 7.32. The van der Waals surface area contributed by atoms with Crippen molar-refractivity contribution < 1.29 is 8.78 Å². The Hall–Kier alpha value is -1.00. The van der Waals surface area contributed by atoms with Crippen LogP contribution in [-0.4, -0.2) is 30.1 Å². The fourth-order valence-electron chi connectivity index (χ4n) is 3.06. The van der Waals surface area contributed by atoms with Crippen LogP contribution in [0.2, 0.25) is 0 Å². The molecule has 4 heteroatoms. The molecule has 1 aromatic carbocycles. The lowest BCUT2D eigenvalue weighted by molar-refractivity contribution is 0.104. The van der Waals surface area contributed by atoms with Crippen molar-refractivity contribution in [3.8, 4) is 0 Å². The van der Waals surface area contributed by atoms with E-state index in [9.17, 15) is 8.78 Å². The third kappa shape index (κ3) is 4.24. The maximum absolute atomic E-state index is 13.9. The minimum Gasteiger partial charge on any atom is -0.311 e. The maximum atomic E-state index is 13.9. The van der Waals surface area contributed by atoms with Gasteiger partial charge < -0.3 is 5.32 Å². The Morgan fingerprint density at radius 2 is 2.10 bits per heavy atom. The molecule has 2 rings (SSSR count). The molecule has 1 aromatic rings. The molecule has 1 N–H and O–H groups in total. The SMILES string of the molecule is CCC1CN(Cc2cccc(F)c2F)C(CC(C)C)CN1. The summed E-state index contributed by atoms with van der Waals surface area (Å²) >= 11 is 0. The Labute approximate surface area is 126 Å². The number of rotatable bonds is 5. The van der Waals surface area contributed by atoms with Crippen LogP contribution in [-0.2, 0) is 6.54 Å². The minimum atomic E-state index is -0.755. The van der Waals surface area contributed by atoms with Crippen LogP contribution in [0.5, 0.6) is 0 Å². The Kier molecular flexibility index (Phi) is 5.71. The summed E-state index contributed by atoms with van der Waals surface area (Å²) in [5, 5.41) is 3.56. The molecule has 0 spiro atoms. The zero-order valence-corrected chi connectivity index (χ0v) is 13.2. The summed E-state index contributed by atoms with van der Waals surface area (Å²) < 4.78 is 27.3. The highest BCUT2D eigenvalue weighted by Crippen LogP contribution is 2.21. The summed E-state index contributed by atoms with van der Waals surface area (Å²) in [4.78, 5) is 2.31. The van der Waals surface area contributed by atoms with Crippen LogP contribution in [0.3, 0.4) is 0 Å². The molecule has 1 aliphatic heterocycles. The van der Waals surface area contributed by atoms with Gasteiger partial charge in [-0.3, -0.25) is 4.90 Å². The van der Waals surface area contributed by atoms with E-state index in [0.29, 0.717) is 30.1 Å². The first-order chi connectivity index (χ1) is 10.0. The fourth-order valence-corrected chi connectivity index (χ4v) is 3.06. The van der Waals surface area contributed by atoms with E-state index in [1.54, 1.807) is 12.1 Å². The van der Waals surface area contributed by atoms with Crippen LogP contribution in [0.25, 0.3) is 0 Å². The molecule has 0 aromatic heterocycles. The van der Waals surface area contributed by atoms with Gasteiger partial charge in [0.05, 0.1) is 0 Å². The van der Waals surface area contributed by atoms with Crippen molar-refractivity contribution in [3.05, 3.63) is 35.4 Å². The Morgan fingerprint density at radius 1 is 1.33 bits per heavy atom. The molecular formula is C17H26F2N2. The standard InChI is InChI=1S/C17H26F2N2/c1-4-14-11-21(15(9-20-14)8-12(2)3)10-13-6-5-7-16(18)17(13)19/h5-7,12,14-15,20H,4,8-11H2,1-3H3. The molecule has 118 valence electrons. The molecule has 1 fully saturated rings. The van der Waals surface area contributed by atoms with Crippen LogP contribution in [0.4, 0.5) is 8.78 Å². The summed E-state index contributed by atoms with van der Waals surface area (Å²) in [7, 11) is 0. The van der Waals surface area contributed by atoms with Gasteiger partial charge in [-0.1, -0.05) is 32.9 Å². The molecule has 0 radical (unpaired) electrons. The summed E-state index contributed by atoms with van der Waals surface area (Å²) in [6.07, 6.45) is 2.12.